The number of pyridine rings is 1. The van der Waals surface area contributed by atoms with Crippen LogP contribution in [0.25, 0.3) is 0 Å². The minimum atomic E-state index is -1.18. The molecule has 2 fully saturated rings. The molecule has 3 aromatic rings. The lowest BCUT2D eigenvalue weighted by Crippen LogP contribution is -2.57. The second kappa shape index (κ2) is 10.1. The molecule has 8 nitrogen and oxygen atoms in total. The molecule has 0 spiro atoms. The second-order valence-corrected chi connectivity index (χ2v) is 11.0. The van der Waals surface area contributed by atoms with Crippen LogP contribution in [0.2, 0.25) is 5.02 Å². The summed E-state index contributed by atoms with van der Waals surface area (Å²) in [5.74, 6) is -1.07. The van der Waals surface area contributed by atoms with E-state index in [-0.39, 0.29) is 35.2 Å². The van der Waals surface area contributed by atoms with Crippen LogP contribution in [0.4, 0.5) is 10.2 Å². The van der Waals surface area contributed by atoms with Gasteiger partial charge in [-0.3, -0.25) is 9.78 Å². The van der Waals surface area contributed by atoms with Crippen LogP contribution in [-0.4, -0.2) is 56.6 Å². The number of nitrogens with zero attached hydrogens (tertiary/aromatic N) is 5. The molecule has 1 aromatic carbocycles. The Balaban J connectivity index is 1.42. The number of carbonyl (C=O) groups is 1. The smallest absolute Gasteiger partial charge is 0.349 e. The van der Waals surface area contributed by atoms with E-state index in [2.05, 4.69) is 9.97 Å². The molecule has 0 bridgehead atoms. The van der Waals surface area contributed by atoms with E-state index in [9.17, 15) is 19.1 Å². The molecule has 1 amide bonds. The van der Waals surface area contributed by atoms with Gasteiger partial charge in [-0.05, 0) is 35.9 Å². The summed E-state index contributed by atoms with van der Waals surface area (Å²) in [7, 11) is 1.64. The van der Waals surface area contributed by atoms with Gasteiger partial charge < -0.3 is 19.5 Å². The summed E-state index contributed by atoms with van der Waals surface area (Å²) in [5, 5.41) is 12.2. The number of carbonyl (C=O) groups excluding carboxylic acids is 1. The highest BCUT2D eigenvalue weighted by molar-refractivity contribution is 6.30. The van der Waals surface area contributed by atoms with Crippen molar-refractivity contribution in [3.05, 3.63) is 87.4 Å². The van der Waals surface area contributed by atoms with E-state index < -0.39 is 11.5 Å². The van der Waals surface area contributed by atoms with E-state index in [1.165, 1.54) is 16.7 Å². The Morgan fingerprint density at radius 3 is 2.34 bits per heavy atom. The number of likely N-dealkylation sites (tertiary alicyclic amines) is 1. The number of amides is 1. The first-order chi connectivity index (χ1) is 18.1. The summed E-state index contributed by atoms with van der Waals surface area (Å²) in [5.41, 5.74) is -0.146. The second-order valence-electron chi connectivity index (χ2n) is 10.6. The Morgan fingerprint density at radius 1 is 1.05 bits per heavy atom. The van der Waals surface area contributed by atoms with Crippen molar-refractivity contribution in [3.8, 4) is 0 Å². The Morgan fingerprint density at radius 2 is 1.74 bits per heavy atom. The third-order valence-corrected chi connectivity index (χ3v) is 8.38. The zero-order valence-corrected chi connectivity index (χ0v) is 22.3. The average molecular weight is 540 g/mol. The normalized spacial score (nSPS) is 27.5. The number of hydrogen-bond acceptors (Lipinski definition) is 6. The summed E-state index contributed by atoms with van der Waals surface area (Å²) in [4.78, 5) is 38.7. The third kappa shape index (κ3) is 4.69. The summed E-state index contributed by atoms with van der Waals surface area (Å²) >= 11 is 6.07. The van der Waals surface area contributed by atoms with Gasteiger partial charge in [-0.1, -0.05) is 37.6 Å². The maximum atomic E-state index is 14.1. The van der Waals surface area contributed by atoms with E-state index in [0.29, 0.717) is 42.6 Å². The van der Waals surface area contributed by atoms with Crippen molar-refractivity contribution in [1.29, 1.82) is 0 Å². The summed E-state index contributed by atoms with van der Waals surface area (Å²) in [6.07, 6.45) is 3.24. The van der Waals surface area contributed by atoms with E-state index in [4.69, 9.17) is 11.6 Å². The predicted molar refractivity (Wildman–Crippen MR) is 142 cm³/mol. The van der Waals surface area contributed by atoms with E-state index in [1.54, 1.807) is 43.7 Å². The molecule has 38 heavy (non-hydrogen) atoms. The Kier molecular flexibility index (Phi) is 7.00. The number of benzene rings is 1. The van der Waals surface area contributed by atoms with Crippen molar-refractivity contribution < 1.29 is 14.3 Å². The van der Waals surface area contributed by atoms with Crippen LogP contribution >= 0.6 is 11.6 Å². The summed E-state index contributed by atoms with van der Waals surface area (Å²) in [6, 6.07) is 11.3. The molecule has 200 valence electrons. The lowest BCUT2D eigenvalue weighted by atomic mass is 9.70. The summed E-state index contributed by atoms with van der Waals surface area (Å²) < 4.78 is 14.9. The summed E-state index contributed by atoms with van der Waals surface area (Å²) in [6.45, 7) is 5.42. The minimum absolute atomic E-state index is 0.0297. The average Bonchev–Trinajstić information content (AvgIpc) is 3.34. The largest absolute Gasteiger partial charge is 0.384 e. The van der Waals surface area contributed by atoms with Crippen LogP contribution in [-0.2, 0) is 17.4 Å². The van der Waals surface area contributed by atoms with Crippen LogP contribution in [0.1, 0.15) is 31.0 Å². The maximum Gasteiger partial charge on any atom is 0.349 e. The van der Waals surface area contributed by atoms with Crippen LogP contribution in [0, 0.1) is 23.6 Å². The Hall–Kier alpha value is -3.30. The number of piperidine rings is 1. The fraction of sp³-hybridized carbons (Fsp3) is 0.429. The molecule has 0 unspecified atom stereocenters. The van der Waals surface area contributed by atoms with Crippen molar-refractivity contribution in [2.45, 2.75) is 25.4 Å². The van der Waals surface area contributed by atoms with Crippen LogP contribution < -0.4 is 10.6 Å². The Labute approximate surface area is 225 Å². The molecule has 0 aliphatic carbocycles. The first-order valence-electron chi connectivity index (χ1n) is 12.7. The molecule has 2 aliphatic rings. The number of halogens is 2. The van der Waals surface area contributed by atoms with Crippen LogP contribution in [0.3, 0.4) is 0 Å². The van der Waals surface area contributed by atoms with Gasteiger partial charge in [-0.2, -0.15) is 4.98 Å². The minimum Gasteiger partial charge on any atom is -0.384 e. The predicted octanol–water partition coefficient (Wildman–Crippen LogP) is 3.19. The fourth-order valence-electron chi connectivity index (χ4n) is 5.98. The van der Waals surface area contributed by atoms with Crippen LogP contribution in [0.15, 0.2) is 59.7 Å². The first-order valence-corrected chi connectivity index (χ1v) is 13.1. The van der Waals surface area contributed by atoms with Crippen LogP contribution in [0.5, 0.6) is 0 Å². The van der Waals surface area contributed by atoms with Gasteiger partial charge in [0, 0.05) is 69.1 Å². The highest BCUT2D eigenvalue weighted by Crippen LogP contribution is 2.43. The SMILES string of the molecule is C[C@@H]1CN(C(=O)[C@@H]2CN(c3ccn(C)c(=O)n3)C[C@H]2c2ccc(Cl)cn2)C[C@H](C)[C@]1(O)c1ccc(F)cc1. The van der Waals surface area contributed by atoms with Crippen molar-refractivity contribution in [2.75, 3.05) is 31.1 Å². The molecule has 2 aliphatic heterocycles. The molecular weight excluding hydrogens is 509 g/mol. The molecular formula is C28H31ClFN5O3. The van der Waals surface area contributed by atoms with Gasteiger partial charge in [0.25, 0.3) is 0 Å². The zero-order valence-electron chi connectivity index (χ0n) is 21.6. The molecule has 2 aromatic heterocycles. The Bertz CT molecular complexity index is 1370. The number of aryl methyl sites for hydroxylation is 1. The molecule has 1 N–H and O–H groups in total. The zero-order chi connectivity index (χ0) is 27.2. The first kappa shape index (κ1) is 26.3. The number of aliphatic hydroxyl groups is 1. The number of aromatic nitrogens is 3. The van der Waals surface area contributed by atoms with Gasteiger partial charge in [0.1, 0.15) is 11.6 Å². The lowest BCUT2D eigenvalue weighted by Gasteiger charge is -2.48. The fourth-order valence-corrected chi connectivity index (χ4v) is 6.09. The maximum absolute atomic E-state index is 14.1. The quantitative estimate of drug-likeness (QED) is 0.547. The highest BCUT2D eigenvalue weighted by atomic mass is 35.5. The van der Waals surface area contributed by atoms with Gasteiger partial charge >= 0.3 is 5.69 Å². The molecule has 5 atom stereocenters. The number of rotatable bonds is 4. The topological polar surface area (TPSA) is 91.6 Å². The van der Waals surface area contributed by atoms with E-state index in [1.807, 2.05) is 29.7 Å². The number of anilines is 1. The van der Waals surface area contributed by atoms with Gasteiger partial charge in [0.05, 0.1) is 16.5 Å². The van der Waals surface area contributed by atoms with Gasteiger partial charge in [0.15, 0.2) is 0 Å². The van der Waals surface area contributed by atoms with Crippen molar-refractivity contribution in [3.63, 3.8) is 0 Å². The van der Waals surface area contributed by atoms with Gasteiger partial charge in [-0.25, -0.2) is 9.18 Å². The highest BCUT2D eigenvalue weighted by Gasteiger charge is 2.49. The molecule has 5 rings (SSSR count). The standard InChI is InChI=1S/C28H31ClFN5O3/c1-17-13-35(14-18(2)28(17,38)19-4-7-21(30)8-5-19)26(36)23-16-34(25-10-11-33(3)27(37)32-25)15-22(23)24-9-6-20(29)12-31-24/h4-12,17-18,22-23,38H,13-16H2,1-3H3/t17-,18+,22-,23-,28+/m1/s1. The lowest BCUT2D eigenvalue weighted by molar-refractivity contribution is -0.152. The van der Waals surface area contributed by atoms with Gasteiger partial charge in [-0.15, -0.1) is 0 Å². The van der Waals surface area contributed by atoms with E-state index in [0.717, 1.165) is 5.69 Å². The third-order valence-electron chi connectivity index (χ3n) is 8.16. The number of hydrogen-bond donors (Lipinski definition) is 1. The molecule has 0 saturated carbocycles. The molecule has 0 radical (unpaired) electrons. The monoisotopic (exact) mass is 539 g/mol. The molecule has 4 heterocycles. The van der Waals surface area contributed by atoms with Crippen molar-refractivity contribution >= 4 is 23.3 Å². The molecule has 10 heteroatoms. The van der Waals surface area contributed by atoms with E-state index >= 15 is 0 Å². The van der Waals surface area contributed by atoms with Gasteiger partial charge in [0.2, 0.25) is 5.91 Å². The van der Waals surface area contributed by atoms with Crippen molar-refractivity contribution in [2.24, 2.45) is 24.8 Å². The van der Waals surface area contributed by atoms with Crippen molar-refractivity contribution in [1.82, 2.24) is 19.4 Å². The molecule has 2 saturated heterocycles.